The Balaban J connectivity index is 3.73. The van der Waals surface area contributed by atoms with Crippen molar-refractivity contribution in [1.82, 2.24) is 0 Å². The Morgan fingerprint density at radius 2 is 1.32 bits per heavy atom. The number of aliphatic carboxylic acids is 1. The maximum atomic E-state index is 11.8. The molecule has 4 nitrogen and oxygen atoms in total. The number of carboxylic acid groups (broad SMARTS) is 1. The van der Waals surface area contributed by atoms with Crippen molar-refractivity contribution in [3.63, 3.8) is 0 Å². The summed E-state index contributed by atoms with van der Waals surface area (Å²) in [5.41, 5.74) is 0. The number of hydrogen-bond donors (Lipinski definition) is 1. The van der Waals surface area contributed by atoms with E-state index < -0.39 is 5.97 Å². The van der Waals surface area contributed by atoms with Crippen LogP contribution < -0.4 is 0 Å². The van der Waals surface area contributed by atoms with Crippen LogP contribution >= 0.6 is 0 Å². The number of carbonyl (C=O) groups excluding carboxylic acids is 1. The Hall–Kier alpha value is -1.06. The van der Waals surface area contributed by atoms with Gasteiger partial charge in [-0.1, -0.05) is 78.1 Å². The van der Waals surface area contributed by atoms with E-state index in [4.69, 9.17) is 9.84 Å². The lowest BCUT2D eigenvalue weighted by atomic mass is 9.92. The van der Waals surface area contributed by atoms with Gasteiger partial charge in [-0.25, -0.2) is 0 Å². The lowest BCUT2D eigenvalue weighted by Gasteiger charge is -2.16. The molecule has 0 aromatic heterocycles. The second kappa shape index (κ2) is 17.8. The monoisotopic (exact) mass is 356 g/mol. The predicted octanol–water partition coefficient (Wildman–Crippen LogP) is 6.12. The molecule has 0 amide bonds. The first-order chi connectivity index (χ1) is 12.1. The Bertz CT molecular complexity index is 318. The summed E-state index contributed by atoms with van der Waals surface area (Å²) in [6, 6.07) is 0. The summed E-state index contributed by atoms with van der Waals surface area (Å²) < 4.78 is 5.40. The molecule has 0 radical (unpaired) electrons. The van der Waals surface area contributed by atoms with Crippen LogP contribution in [0.2, 0.25) is 0 Å². The third-order valence-corrected chi connectivity index (χ3v) is 4.74. The minimum Gasteiger partial charge on any atom is -0.481 e. The van der Waals surface area contributed by atoms with Crippen LogP contribution in [0, 0.1) is 5.92 Å². The van der Waals surface area contributed by atoms with Crippen LogP contribution in [-0.4, -0.2) is 23.7 Å². The molecular weight excluding hydrogens is 316 g/mol. The highest BCUT2D eigenvalue weighted by Gasteiger charge is 2.10. The quantitative estimate of drug-likeness (QED) is 0.237. The third kappa shape index (κ3) is 17.6. The van der Waals surface area contributed by atoms with Gasteiger partial charge in [-0.05, 0) is 25.2 Å². The zero-order chi connectivity index (χ0) is 18.8. The normalized spacial score (nSPS) is 11.0. The molecule has 0 atom stereocenters. The van der Waals surface area contributed by atoms with Crippen molar-refractivity contribution in [2.75, 3.05) is 6.61 Å². The first kappa shape index (κ1) is 23.9. The molecule has 0 aliphatic carbocycles. The summed E-state index contributed by atoms with van der Waals surface area (Å²) in [5, 5.41) is 8.56. The van der Waals surface area contributed by atoms with Crippen LogP contribution in [0.3, 0.4) is 0 Å². The predicted molar refractivity (Wildman–Crippen MR) is 103 cm³/mol. The van der Waals surface area contributed by atoms with Gasteiger partial charge in [0.05, 0.1) is 6.61 Å². The highest BCUT2D eigenvalue weighted by Crippen LogP contribution is 2.21. The molecule has 1 N–H and O–H groups in total. The molecule has 4 heteroatoms. The molecule has 148 valence electrons. The molecule has 0 saturated carbocycles. The molecule has 0 spiro atoms. The number of hydrogen-bond acceptors (Lipinski definition) is 3. The Kier molecular flexibility index (Phi) is 17.0. The molecule has 0 saturated heterocycles. The van der Waals surface area contributed by atoms with E-state index in [1.165, 1.54) is 51.4 Å². The van der Waals surface area contributed by atoms with Gasteiger partial charge < -0.3 is 9.84 Å². The maximum absolute atomic E-state index is 11.8. The van der Waals surface area contributed by atoms with Crippen molar-refractivity contribution in [2.24, 2.45) is 5.92 Å². The number of carbonyl (C=O) groups is 2. The van der Waals surface area contributed by atoms with E-state index in [0.717, 1.165) is 25.7 Å². The van der Waals surface area contributed by atoms with Gasteiger partial charge >= 0.3 is 11.9 Å². The smallest absolute Gasteiger partial charge is 0.305 e. The maximum Gasteiger partial charge on any atom is 0.305 e. The summed E-state index contributed by atoms with van der Waals surface area (Å²) in [6.45, 7) is 5.02. The Morgan fingerprint density at radius 1 is 0.760 bits per heavy atom. The zero-order valence-electron chi connectivity index (χ0n) is 16.6. The van der Waals surface area contributed by atoms with Crippen LogP contribution in [0.5, 0.6) is 0 Å². The molecule has 0 fully saturated rings. The number of carboxylic acids is 1. The lowest BCUT2D eigenvalue weighted by molar-refractivity contribution is -0.144. The van der Waals surface area contributed by atoms with E-state index in [0.29, 0.717) is 25.4 Å². The standard InChI is InChI=1S/C21H40O4/c1-3-5-9-13-19(14-10-6-4-2)17-18-25-21(24)16-12-8-7-11-15-20(22)23/h19H,3-18H2,1-2H3,(H,22,23). The van der Waals surface area contributed by atoms with Crippen molar-refractivity contribution in [3.05, 3.63) is 0 Å². The van der Waals surface area contributed by atoms with Crippen LogP contribution in [0.1, 0.15) is 110 Å². The van der Waals surface area contributed by atoms with Crippen molar-refractivity contribution in [1.29, 1.82) is 0 Å². The second-order valence-electron chi connectivity index (χ2n) is 7.17. The highest BCUT2D eigenvalue weighted by molar-refractivity contribution is 5.69. The first-order valence-corrected chi connectivity index (χ1v) is 10.5. The molecule has 25 heavy (non-hydrogen) atoms. The summed E-state index contributed by atoms with van der Waals surface area (Å²) >= 11 is 0. The van der Waals surface area contributed by atoms with Crippen molar-refractivity contribution >= 4 is 11.9 Å². The van der Waals surface area contributed by atoms with Crippen LogP contribution in [0.4, 0.5) is 0 Å². The minimum atomic E-state index is -0.744. The van der Waals surface area contributed by atoms with Gasteiger partial charge in [0.1, 0.15) is 0 Å². The van der Waals surface area contributed by atoms with E-state index in [-0.39, 0.29) is 12.4 Å². The Labute approximate surface area is 154 Å². The van der Waals surface area contributed by atoms with Gasteiger partial charge in [-0.15, -0.1) is 0 Å². The molecule has 0 aliphatic heterocycles. The number of unbranched alkanes of at least 4 members (excludes halogenated alkanes) is 7. The number of ether oxygens (including phenoxy) is 1. The van der Waals surface area contributed by atoms with Crippen molar-refractivity contribution in [2.45, 2.75) is 110 Å². The van der Waals surface area contributed by atoms with Gasteiger partial charge in [-0.2, -0.15) is 0 Å². The second-order valence-corrected chi connectivity index (χ2v) is 7.17. The van der Waals surface area contributed by atoms with Crippen LogP contribution in [0.15, 0.2) is 0 Å². The van der Waals surface area contributed by atoms with Crippen molar-refractivity contribution in [3.8, 4) is 0 Å². The molecule has 0 unspecified atom stereocenters. The van der Waals surface area contributed by atoms with Gasteiger partial charge in [0.15, 0.2) is 0 Å². The molecule has 0 heterocycles. The van der Waals surface area contributed by atoms with E-state index in [1.54, 1.807) is 0 Å². The molecular formula is C21H40O4. The molecule has 0 aliphatic rings. The molecule has 0 aromatic carbocycles. The number of esters is 1. The summed E-state index contributed by atoms with van der Waals surface area (Å²) in [7, 11) is 0. The SMILES string of the molecule is CCCCCC(CCCCC)CCOC(=O)CCCCCCC(=O)O. The average molecular weight is 357 g/mol. The van der Waals surface area contributed by atoms with Crippen LogP contribution in [0.25, 0.3) is 0 Å². The zero-order valence-corrected chi connectivity index (χ0v) is 16.6. The fraction of sp³-hybridized carbons (Fsp3) is 0.905. The fourth-order valence-corrected chi connectivity index (χ4v) is 3.11. The average Bonchev–Trinajstić information content (AvgIpc) is 2.57. The lowest BCUT2D eigenvalue weighted by Crippen LogP contribution is -2.10. The van der Waals surface area contributed by atoms with E-state index >= 15 is 0 Å². The van der Waals surface area contributed by atoms with Crippen molar-refractivity contribution < 1.29 is 19.4 Å². The fourth-order valence-electron chi connectivity index (χ4n) is 3.11. The summed E-state index contributed by atoms with van der Waals surface area (Å²) in [6.07, 6.45) is 15.2. The van der Waals surface area contributed by atoms with E-state index in [2.05, 4.69) is 13.8 Å². The van der Waals surface area contributed by atoms with Crippen LogP contribution in [-0.2, 0) is 14.3 Å². The third-order valence-electron chi connectivity index (χ3n) is 4.74. The topological polar surface area (TPSA) is 63.6 Å². The number of rotatable bonds is 18. The van der Waals surface area contributed by atoms with Gasteiger partial charge in [0, 0.05) is 12.8 Å². The van der Waals surface area contributed by atoms with E-state index in [9.17, 15) is 9.59 Å². The van der Waals surface area contributed by atoms with Gasteiger partial charge in [0.2, 0.25) is 0 Å². The Morgan fingerprint density at radius 3 is 1.84 bits per heavy atom. The molecule has 0 rings (SSSR count). The minimum absolute atomic E-state index is 0.0981. The summed E-state index contributed by atoms with van der Waals surface area (Å²) in [4.78, 5) is 22.2. The van der Waals surface area contributed by atoms with Gasteiger partial charge in [-0.3, -0.25) is 9.59 Å². The largest absolute Gasteiger partial charge is 0.481 e. The van der Waals surface area contributed by atoms with E-state index in [1.807, 2.05) is 0 Å². The summed E-state index contributed by atoms with van der Waals surface area (Å²) in [5.74, 6) is -0.146. The van der Waals surface area contributed by atoms with Gasteiger partial charge in [0.25, 0.3) is 0 Å². The molecule has 0 aromatic rings. The highest BCUT2D eigenvalue weighted by atomic mass is 16.5. The first-order valence-electron chi connectivity index (χ1n) is 10.5. The molecule has 0 bridgehead atoms.